The van der Waals surface area contributed by atoms with E-state index in [1.54, 1.807) is 18.3 Å². The van der Waals surface area contributed by atoms with Gasteiger partial charge in [0.05, 0.1) is 11.4 Å². The quantitative estimate of drug-likeness (QED) is 0.946. The molecule has 1 saturated heterocycles. The lowest BCUT2D eigenvalue weighted by Gasteiger charge is -2.30. The van der Waals surface area contributed by atoms with Crippen LogP contribution in [0.5, 0.6) is 0 Å². The average Bonchev–Trinajstić information content (AvgIpc) is 2.88. The van der Waals surface area contributed by atoms with Gasteiger partial charge in [0.15, 0.2) is 0 Å². The standard InChI is InChI=1S/C15H19FN4.ClH/c16-12-3-5-14(6-4-12)20-15(7-8-18-20)11-19-9-1-2-13(17)10-19;/h3-8,13H,1-2,9-11,17H2;1H. The molecule has 3 rings (SSSR count). The smallest absolute Gasteiger partial charge is 0.123 e. The number of hydrogen-bond acceptors (Lipinski definition) is 3. The minimum atomic E-state index is -0.232. The molecule has 1 aliphatic heterocycles. The Hall–Kier alpha value is -1.43. The number of likely N-dealkylation sites (tertiary alicyclic amines) is 1. The Morgan fingerprint density at radius 3 is 2.71 bits per heavy atom. The molecule has 0 saturated carbocycles. The minimum absolute atomic E-state index is 0. The molecule has 114 valence electrons. The summed E-state index contributed by atoms with van der Waals surface area (Å²) in [6.07, 6.45) is 4.03. The lowest BCUT2D eigenvalue weighted by molar-refractivity contribution is 0.198. The van der Waals surface area contributed by atoms with Crippen LogP contribution in [-0.2, 0) is 6.54 Å². The van der Waals surface area contributed by atoms with Gasteiger partial charge in [-0.3, -0.25) is 4.90 Å². The van der Waals surface area contributed by atoms with Crippen LogP contribution in [0.2, 0.25) is 0 Å². The Bertz CT molecular complexity index is 569. The van der Waals surface area contributed by atoms with Gasteiger partial charge in [-0.2, -0.15) is 5.10 Å². The van der Waals surface area contributed by atoms with Gasteiger partial charge in [0, 0.05) is 25.3 Å². The highest BCUT2D eigenvalue weighted by Crippen LogP contribution is 2.16. The van der Waals surface area contributed by atoms with E-state index in [2.05, 4.69) is 10.00 Å². The van der Waals surface area contributed by atoms with E-state index >= 15 is 0 Å². The first-order chi connectivity index (χ1) is 9.72. The van der Waals surface area contributed by atoms with E-state index in [1.165, 1.54) is 12.1 Å². The van der Waals surface area contributed by atoms with Gasteiger partial charge in [-0.1, -0.05) is 0 Å². The molecule has 1 aromatic carbocycles. The highest BCUT2D eigenvalue weighted by Gasteiger charge is 2.18. The van der Waals surface area contributed by atoms with Crippen molar-refractivity contribution in [1.29, 1.82) is 0 Å². The monoisotopic (exact) mass is 310 g/mol. The summed E-state index contributed by atoms with van der Waals surface area (Å²) < 4.78 is 14.9. The van der Waals surface area contributed by atoms with Crippen LogP contribution < -0.4 is 5.73 Å². The number of piperidine rings is 1. The second-order valence-corrected chi connectivity index (χ2v) is 5.35. The average molecular weight is 311 g/mol. The molecule has 1 aliphatic rings. The fourth-order valence-corrected chi connectivity index (χ4v) is 2.73. The number of nitrogens with zero attached hydrogens (tertiary/aromatic N) is 3. The van der Waals surface area contributed by atoms with Crippen LogP contribution in [0.3, 0.4) is 0 Å². The van der Waals surface area contributed by atoms with Crippen molar-refractivity contribution in [2.24, 2.45) is 5.73 Å². The van der Waals surface area contributed by atoms with Gasteiger partial charge >= 0.3 is 0 Å². The molecule has 0 bridgehead atoms. The number of benzene rings is 1. The van der Waals surface area contributed by atoms with Crippen molar-refractivity contribution in [2.45, 2.75) is 25.4 Å². The van der Waals surface area contributed by atoms with Gasteiger partial charge in [-0.05, 0) is 49.7 Å². The zero-order valence-corrected chi connectivity index (χ0v) is 12.6. The first-order valence-corrected chi connectivity index (χ1v) is 6.99. The van der Waals surface area contributed by atoms with Crippen molar-refractivity contribution in [3.05, 3.63) is 48.0 Å². The van der Waals surface area contributed by atoms with E-state index in [9.17, 15) is 4.39 Å². The second kappa shape index (κ2) is 7.02. The Kier molecular flexibility index (Phi) is 5.33. The Labute approximate surface area is 130 Å². The van der Waals surface area contributed by atoms with Crippen LogP contribution in [0.4, 0.5) is 4.39 Å². The van der Waals surface area contributed by atoms with Crippen LogP contribution in [0, 0.1) is 5.82 Å². The van der Waals surface area contributed by atoms with Gasteiger partial charge in [0.2, 0.25) is 0 Å². The molecule has 2 heterocycles. The third kappa shape index (κ3) is 3.81. The van der Waals surface area contributed by atoms with E-state index in [1.807, 2.05) is 10.7 Å². The Morgan fingerprint density at radius 1 is 1.24 bits per heavy atom. The maximum absolute atomic E-state index is 13.0. The van der Waals surface area contributed by atoms with Gasteiger partial charge < -0.3 is 5.73 Å². The van der Waals surface area contributed by atoms with Gasteiger partial charge in [0.1, 0.15) is 5.82 Å². The summed E-state index contributed by atoms with van der Waals surface area (Å²) in [6, 6.07) is 8.67. The number of nitrogens with two attached hydrogens (primary N) is 1. The van der Waals surface area contributed by atoms with Gasteiger partial charge in [0.25, 0.3) is 0 Å². The zero-order chi connectivity index (χ0) is 13.9. The highest BCUT2D eigenvalue weighted by atomic mass is 35.5. The second-order valence-electron chi connectivity index (χ2n) is 5.35. The molecular weight excluding hydrogens is 291 g/mol. The van der Waals surface area contributed by atoms with Crippen LogP contribution in [0.1, 0.15) is 18.5 Å². The van der Waals surface area contributed by atoms with E-state index in [0.717, 1.165) is 43.9 Å². The third-order valence-corrected chi connectivity index (χ3v) is 3.72. The predicted octanol–water partition coefficient (Wildman–Crippen LogP) is 2.36. The molecule has 2 aromatic rings. The maximum Gasteiger partial charge on any atom is 0.123 e. The first-order valence-electron chi connectivity index (χ1n) is 6.99. The third-order valence-electron chi connectivity index (χ3n) is 3.72. The number of hydrogen-bond donors (Lipinski definition) is 1. The summed E-state index contributed by atoms with van der Waals surface area (Å²) >= 11 is 0. The van der Waals surface area contributed by atoms with Crippen LogP contribution >= 0.6 is 12.4 Å². The molecule has 1 unspecified atom stereocenters. The number of aromatic nitrogens is 2. The zero-order valence-electron chi connectivity index (χ0n) is 11.8. The maximum atomic E-state index is 13.0. The normalized spacial score (nSPS) is 19.2. The molecule has 0 amide bonds. The highest BCUT2D eigenvalue weighted by molar-refractivity contribution is 5.85. The molecule has 0 radical (unpaired) electrons. The lowest BCUT2D eigenvalue weighted by atomic mass is 10.1. The molecule has 1 fully saturated rings. The molecule has 2 N–H and O–H groups in total. The van der Waals surface area contributed by atoms with Crippen molar-refractivity contribution >= 4 is 12.4 Å². The molecule has 1 atom stereocenters. The fourth-order valence-electron chi connectivity index (χ4n) is 2.73. The molecule has 4 nitrogen and oxygen atoms in total. The molecule has 0 aliphatic carbocycles. The predicted molar refractivity (Wildman–Crippen MR) is 83.3 cm³/mol. The van der Waals surface area contributed by atoms with Gasteiger partial charge in [-0.25, -0.2) is 9.07 Å². The van der Waals surface area contributed by atoms with Crippen molar-refractivity contribution in [3.8, 4) is 5.69 Å². The van der Waals surface area contributed by atoms with E-state index < -0.39 is 0 Å². The number of halogens is 2. The summed E-state index contributed by atoms with van der Waals surface area (Å²) in [6.45, 7) is 2.82. The summed E-state index contributed by atoms with van der Waals surface area (Å²) in [4.78, 5) is 2.35. The van der Waals surface area contributed by atoms with E-state index in [4.69, 9.17) is 5.73 Å². The van der Waals surface area contributed by atoms with E-state index in [0.29, 0.717) is 0 Å². The van der Waals surface area contributed by atoms with Crippen LogP contribution in [-0.4, -0.2) is 33.8 Å². The largest absolute Gasteiger partial charge is 0.327 e. The van der Waals surface area contributed by atoms with Crippen molar-refractivity contribution < 1.29 is 4.39 Å². The van der Waals surface area contributed by atoms with Crippen molar-refractivity contribution in [1.82, 2.24) is 14.7 Å². The SMILES string of the molecule is Cl.NC1CCCN(Cc2ccnn2-c2ccc(F)cc2)C1. The van der Waals surface area contributed by atoms with Crippen LogP contribution in [0.15, 0.2) is 36.5 Å². The molecule has 1 aromatic heterocycles. The molecule has 6 heteroatoms. The van der Waals surface area contributed by atoms with E-state index in [-0.39, 0.29) is 24.3 Å². The minimum Gasteiger partial charge on any atom is -0.327 e. The number of rotatable bonds is 3. The Balaban J connectivity index is 0.00000161. The van der Waals surface area contributed by atoms with Crippen molar-refractivity contribution in [2.75, 3.05) is 13.1 Å². The topological polar surface area (TPSA) is 47.1 Å². The van der Waals surface area contributed by atoms with Crippen LogP contribution in [0.25, 0.3) is 5.69 Å². The van der Waals surface area contributed by atoms with Crippen molar-refractivity contribution in [3.63, 3.8) is 0 Å². The molecule has 21 heavy (non-hydrogen) atoms. The summed E-state index contributed by atoms with van der Waals surface area (Å²) in [7, 11) is 0. The summed E-state index contributed by atoms with van der Waals surface area (Å²) in [5.74, 6) is -0.232. The Morgan fingerprint density at radius 2 is 2.00 bits per heavy atom. The lowest BCUT2D eigenvalue weighted by Crippen LogP contribution is -2.42. The van der Waals surface area contributed by atoms with Gasteiger partial charge in [-0.15, -0.1) is 12.4 Å². The summed E-state index contributed by atoms with van der Waals surface area (Å²) in [5, 5.41) is 4.34. The first kappa shape index (κ1) is 15.9. The molecule has 0 spiro atoms. The fraction of sp³-hybridized carbons (Fsp3) is 0.400. The molecular formula is C15H20ClFN4. The summed E-state index contributed by atoms with van der Waals surface area (Å²) in [5.41, 5.74) is 8.00.